The highest BCUT2D eigenvalue weighted by molar-refractivity contribution is 6.08. The van der Waals surface area contributed by atoms with Gasteiger partial charge in [-0.05, 0) is 60.0 Å². The molecule has 1 amide bonds. The first-order valence-electron chi connectivity index (χ1n) is 11.6. The molecule has 7 heteroatoms. The monoisotopic (exact) mass is 476 g/mol. The number of ketones is 1. The topological polar surface area (TPSA) is 97.0 Å². The number of aromatic nitrogens is 3. The number of hydrogen-bond donors (Lipinski definition) is 2. The fourth-order valence-corrected chi connectivity index (χ4v) is 3.87. The van der Waals surface area contributed by atoms with E-state index in [1.807, 2.05) is 54.6 Å². The number of para-hydroxylation sites is 2. The largest absolute Gasteiger partial charge is 0.438 e. The summed E-state index contributed by atoms with van der Waals surface area (Å²) in [7, 11) is 0. The first kappa shape index (κ1) is 23.0. The van der Waals surface area contributed by atoms with Crippen LogP contribution in [0.15, 0.2) is 97.2 Å². The Bertz CT molecular complexity index is 1480. The van der Waals surface area contributed by atoms with Gasteiger partial charge in [0.2, 0.25) is 11.7 Å². The molecule has 5 rings (SSSR count). The van der Waals surface area contributed by atoms with Crippen LogP contribution in [0.5, 0.6) is 11.6 Å². The zero-order valence-electron chi connectivity index (χ0n) is 19.6. The highest BCUT2D eigenvalue weighted by Gasteiger charge is 2.17. The zero-order chi connectivity index (χ0) is 24.9. The highest BCUT2D eigenvalue weighted by Crippen LogP contribution is 2.24. The van der Waals surface area contributed by atoms with Crippen LogP contribution in [-0.4, -0.2) is 33.2 Å². The maximum atomic E-state index is 12.9. The lowest BCUT2D eigenvalue weighted by atomic mass is 10.0. The molecule has 2 heterocycles. The Balaban J connectivity index is 1.26. The number of pyridine rings is 1. The van der Waals surface area contributed by atoms with Gasteiger partial charge >= 0.3 is 0 Å². The number of carbonyl (C=O) groups is 2. The summed E-state index contributed by atoms with van der Waals surface area (Å²) in [6, 6.07) is 27.5. The zero-order valence-corrected chi connectivity index (χ0v) is 19.6. The maximum Gasteiger partial charge on any atom is 0.256 e. The number of nitrogens with one attached hydrogen (secondary N) is 2. The fraction of sp³-hybridized carbons (Fsp3) is 0.103. The van der Waals surface area contributed by atoms with Gasteiger partial charge < -0.3 is 15.0 Å². The van der Waals surface area contributed by atoms with Gasteiger partial charge in [0.1, 0.15) is 11.3 Å². The standard InChI is InChI=1S/C29H24N4O3/c1-19(20-8-3-2-4-9-20)18-31-28(35)23-10-7-17-30-29(23)36-22-15-13-21(14-16-22)26(34)27-32-24-11-5-6-12-25(24)33-27/h2-17,19H,18H2,1H3,(H,31,35)(H,32,33)/t19-/m0/s1. The van der Waals surface area contributed by atoms with Gasteiger partial charge in [-0.1, -0.05) is 49.4 Å². The number of rotatable bonds is 8. The van der Waals surface area contributed by atoms with Crippen molar-refractivity contribution in [3.05, 3.63) is 120 Å². The summed E-state index contributed by atoms with van der Waals surface area (Å²) in [5, 5.41) is 2.96. The van der Waals surface area contributed by atoms with Crippen molar-refractivity contribution in [2.75, 3.05) is 6.54 Å². The maximum absolute atomic E-state index is 12.9. The Hall–Kier alpha value is -4.78. The van der Waals surface area contributed by atoms with Gasteiger partial charge in [-0.15, -0.1) is 0 Å². The van der Waals surface area contributed by atoms with Gasteiger partial charge in [0, 0.05) is 18.3 Å². The summed E-state index contributed by atoms with van der Waals surface area (Å²) in [5.74, 6) is 0.604. The number of benzene rings is 3. The molecule has 1 atom stereocenters. The molecule has 2 N–H and O–H groups in total. The summed E-state index contributed by atoms with van der Waals surface area (Å²) in [5.41, 5.74) is 3.49. The van der Waals surface area contributed by atoms with Crippen LogP contribution in [0, 0.1) is 0 Å². The van der Waals surface area contributed by atoms with Crippen LogP contribution in [-0.2, 0) is 0 Å². The van der Waals surface area contributed by atoms with E-state index in [4.69, 9.17) is 4.74 Å². The normalized spacial score (nSPS) is 11.7. The lowest BCUT2D eigenvalue weighted by Gasteiger charge is -2.14. The smallest absolute Gasteiger partial charge is 0.256 e. The molecule has 7 nitrogen and oxygen atoms in total. The average molecular weight is 477 g/mol. The summed E-state index contributed by atoms with van der Waals surface area (Å²) in [4.78, 5) is 37.4. The number of amides is 1. The minimum atomic E-state index is -0.266. The number of ether oxygens (including phenoxy) is 1. The van der Waals surface area contributed by atoms with E-state index in [-0.39, 0.29) is 29.3 Å². The fourth-order valence-electron chi connectivity index (χ4n) is 3.87. The molecule has 0 unspecified atom stereocenters. The Morgan fingerprint density at radius 3 is 2.44 bits per heavy atom. The van der Waals surface area contributed by atoms with Crippen LogP contribution in [0.1, 0.15) is 44.9 Å². The third-order valence-corrected chi connectivity index (χ3v) is 5.89. The van der Waals surface area contributed by atoms with E-state index in [0.717, 1.165) is 16.6 Å². The van der Waals surface area contributed by atoms with Crippen molar-refractivity contribution in [3.63, 3.8) is 0 Å². The van der Waals surface area contributed by atoms with Crippen molar-refractivity contribution < 1.29 is 14.3 Å². The van der Waals surface area contributed by atoms with Crippen LogP contribution < -0.4 is 10.1 Å². The van der Waals surface area contributed by atoms with Crippen LogP contribution in [0.4, 0.5) is 0 Å². The van der Waals surface area contributed by atoms with Crippen molar-refractivity contribution in [2.24, 2.45) is 0 Å². The Morgan fingerprint density at radius 1 is 0.917 bits per heavy atom. The molecule has 0 aliphatic carbocycles. The first-order chi connectivity index (χ1) is 17.6. The molecule has 2 aromatic heterocycles. The second-order valence-electron chi connectivity index (χ2n) is 8.44. The predicted molar refractivity (Wildman–Crippen MR) is 137 cm³/mol. The lowest BCUT2D eigenvalue weighted by Crippen LogP contribution is -2.28. The molecule has 3 aromatic carbocycles. The lowest BCUT2D eigenvalue weighted by molar-refractivity contribution is 0.0948. The van der Waals surface area contributed by atoms with Gasteiger partial charge in [-0.25, -0.2) is 9.97 Å². The summed E-state index contributed by atoms with van der Waals surface area (Å²) in [6.45, 7) is 2.54. The van der Waals surface area contributed by atoms with Crippen molar-refractivity contribution in [3.8, 4) is 11.6 Å². The van der Waals surface area contributed by atoms with Gasteiger partial charge in [-0.3, -0.25) is 9.59 Å². The van der Waals surface area contributed by atoms with Crippen molar-refractivity contribution >= 4 is 22.7 Å². The number of carbonyl (C=O) groups excluding carboxylic acids is 2. The quantitative estimate of drug-likeness (QED) is 0.288. The van der Waals surface area contributed by atoms with Crippen LogP contribution in [0.3, 0.4) is 0 Å². The van der Waals surface area contributed by atoms with Gasteiger partial charge in [0.25, 0.3) is 5.91 Å². The van der Waals surface area contributed by atoms with Crippen molar-refractivity contribution in [1.29, 1.82) is 0 Å². The van der Waals surface area contributed by atoms with Crippen LogP contribution in [0.25, 0.3) is 11.0 Å². The molecule has 5 aromatic rings. The number of fused-ring (bicyclic) bond motifs is 1. The number of nitrogens with zero attached hydrogens (tertiary/aromatic N) is 2. The molecular weight excluding hydrogens is 452 g/mol. The van der Waals surface area contributed by atoms with Gasteiger partial charge in [-0.2, -0.15) is 0 Å². The molecule has 0 aliphatic rings. The van der Waals surface area contributed by atoms with E-state index in [1.165, 1.54) is 0 Å². The minimum absolute atomic E-state index is 0.160. The van der Waals surface area contributed by atoms with E-state index < -0.39 is 0 Å². The van der Waals surface area contributed by atoms with Crippen LogP contribution in [0.2, 0.25) is 0 Å². The van der Waals surface area contributed by atoms with Crippen molar-refractivity contribution in [2.45, 2.75) is 12.8 Å². The summed E-state index contributed by atoms with van der Waals surface area (Å²) in [6.07, 6.45) is 1.57. The molecule has 178 valence electrons. The molecule has 0 radical (unpaired) electrons. The van der Waals surface area contributed by atoms with Gasteiger partial charge in [0.05, 0.1) is 11.0 Å². The van der Waals surface area contributed by atoms with E-state index in [0.29, 0.717) is 23.4 Å². The van der Waals surface area contributed by atoms with E-state index >= 15 is 0 Å². The minimum Gasteiger partial charge on any atom is -0.438 e. The van der Waals surface area contributed by atoms with E-state index in [2.05, 4.69) is 27.2 Å². The van der Waals surface area contributed by atoms with Crippen molar-refractivity contribution in [1.82, 2.24) is 20.3 Å². The number of aromatic amines is 1. The Labute approximate surface area is 208 Å². The molecule has 0 saturated heterocycles. The first-order valence-corrected chi connectivity index (χ1v) is 11.6. The predicted octanol–water partition coefficient (Wildman–Crippen LogP) is 5.51. The molecular formula is C29H24N4O3. The number of hydrogen-bond acceptors (Lipinski definition) is 5. The molecule has 0 bridgehead atoms. The number of H-pyrrole nitrogens is 1. The molecule has 0 fully saturated rings. The third kappa shape index (κ3) is 5.00. The van der Waals surface area contributed by atoms with Gasteiger partial charge in [0.15, 0.2) is 5.82 Å². The SMILES string of the molecule is C[C@@H](CNC(=O)c1cccnc1Oc1ccc(C(=O)c2nc3ccccc3[nH]2)cc1)c1ccccc1. The Kier molecular flexibility index (Phi) is 6.53. The average Bonchev–Trinajstić information content (AvgIpc) is 3.37. The third-order valence-electron chi connectivity index (χ3n) is 5.89. The molecule has 0 saturated carbocycles. The number of imidazole rings is 1. The molecule has 0 aliphatic heterocycles. The summed E-state index contributed by atoms with van der Waals surface area (Å²) < 4.78 is 5.90. The van der Waals surface area contributed by atoms with E-state index in [9.17, 15) is 9.59 Å². The second-order valence-corrected chi connectivity index (χ2v) is 8.44. The molecule has 36 heavy (non-hydrogen) atoms. The highest BCUT2D eigenvalue weighted by atomic mass is 16.5. The van der Waals surface area contributed by atoms with Crippen LogP contribution >= 0.6 is 0 Å². The van der Waals surface area contributed by atoms with E-state index in [1.54, 1.807) is 42.6 Å². The molecule has 0 spiro atoms. The Morgan fingerprint density at radius 2 is 1.67 bits per heavy atom. The second kappa shape index (κ2) is 10.2. The summed E-state index contributed by atoms with van der Waals surface area (Å²) >= 11 is 0.